The summed E-state index contributed by atoms with van der Waals surface area (Å²) >= 11 is 0. The Hall–Kier alpha value is -2.29. The van der Waals surface area contributed by atoms with Crippen LogP contribution in [0.3, 0.4) is 0 Å². The van der Waals surface area contributed by atoms with E-state index in [-0.39, 0.29) is 25.6 Å². The summed E-state index contributed by atoms with van der Waals surface area (Å²) in [4.78, 5) is 35.9. The lowest BCUT2D eigenvalue weighted by Crippen LogP contribution is -2.37. The van der Waals surface area contributed by atoms with Crippen molar-refractivity contribution in [3.8, 4) is 0 Å². The maximum atomic E-state index is 12.9. The first-order valence-corrected chi connectivity index (χ1v) is 37.0. The van der Waals surface area contributed by atoms with E-state index in [1.807, 2.05) is 21.1 Å². The van der Waals surface area contributed by atoms with Crippen molar-refractivity contribution < 1.29 is 42.1 Å². The summed E-state index contributed by atoms with van der Waals surface area (Å²) in [6, 6.07) is 0. The molecule has 83 heavy (non-hydrogen) atoms. The molecule has 0 spiro atoms. The van der Waals surface area contributed by atoms with E-state index in [4.69, 9.17) is 18.5 Å². The summed E-state index contributed by atoms with van der Waals surface area (Å²) in [6.07, 6.45) is 84.8. The van der Waals surface area contributed by atoms with Crippen LogP contribution in [-0.4, -0.2) is 74.9 Å². The van der Waals surface area contributed by atoms with Crippen molar-refractivity contribution in [1.29, 1.82) is 0 Å². The van der Waals surface area contributed by atoms with Crippen LogP contribution in [0.25, 0.3) is 0 Å². The first-order chi connectivity index (χ1) is 40.5. The van der Waals surface area contributed by atoms with Crippen molar-refractivity contribution in [2.75, 3.05) is 47.5 Å². The van der Waals surface area contributed by atoms with E-state index >= 15 is 0 Å². The highest BCUT2D eigenvalue weighted by molar-refractivity contribution is 7.47. The van der Waals surface area contributed by atoms with Crippen molar-refractivity contribution in [1.82, 2.24) is 0 Å². The van der Waals surface area contributed by atoms with Gasteiger partial charge in [0.25, 0.3) is 0 Å². The van der Waals surface area contributed by atoms with Gasteiger partial charge in [-0.2, -0.15) is 0 Å². The molecule has 0 radical (unpaired) electrons. The highest BCUT2D eigenvalue weighted by Gasteiger charge is 2.27. The Bertz CT molecular complexity index is 1580. The second-order valence-electron chi connectivity index (χ2n) is 25.3. The SMILES string of the molecule is CC/C=C\C/C=C\C/C=C\C/C=C\C/C=C\CCCCCCCCCCCCCCCCCCCCCCCC(=O)OC(COC(=O)CCCCCCCCCCCCCCCCCCCCCCCC)COP(=O)(O)OCC[N+](C)(C)C. The van der Waals surface area contributed by atoms with Gasteiger partial charge in [-0.05, 0) is 57.8 Å². The minimum absolute atomic E-state index is 0.0342. The highest BCUT2D eigenvalue weighted by Crippen LogP contribution is 2.43. The van der Waals surface area contributed by atoms with Crippen LogP contribution >= 0.6 is 7.82 Å². The lowest BCUT2D eigenvalue weighted by molar-refractivity contribution is -0.870. The molecule has 0 aliphatic heterocycles. The summed E-state index contributed by atoms with van der Waals surface area (Å²) in [5.41, 5.74) is 0. The molecular formula is C73H137NO8P+. The van der Waals surface area contributed by atoms with E-state index in [1.54, 1.807) is 0 Å². The summed E-state index contributed by atoms with van der Waals surface area (Å²) < 4.78 is 34.7. The van der Waals surface area contributed by atoms with Crippen molar-refractivity contribution in [3.05, 3.63) is 60.8 Å². The summed E-state index contributed by atoms with van der Waals surface area (Å²) in [7, 11) is 1.50. The molecule has 486 valence electrons. The fraction of sp³-hybridized carbons (Fsp3) is 0.836. The third kappa shape index (κ3) is 68.7. The summed E-state index contributed by atoms with van der Waals surface area (Å²) in [5, 5.41) is 0. The van der Waals surface area contributed by atoms with Gasteiger partial charge >= 0.3 is 19.8 Å². The topological polar surface area (TPSA) is 108 Å². The Kier molecular flexibility index (Phi) is 62.4. The molecule has 0 rings (SSSR count). The molecule has 2 unspecified atom stereocenters. The fourth-order valence-corrected chi connectivity index (χ4v) is 11.1. The normalized spacial score (nSPS) is 13.5. The first kappa shape index (κ1) is 80.7. The number of allylic oxidation sites excluding steroid dienone is 10. The molecule has 2 atom stereocenters. The van der Waals surface area contributed by atoms with Crippen LogP contribution < -0.4 is 0 Å². The van der Waals surface area contributed by atoms with Crippen molar-refractivity contribution in [2.45, 2.75) is 347 Å². The molecule has 0 heterocycles. The number of carbonyl (C=O) groups excluding carboxylic acids is 2. The number of quaternary nitrogens is 1. The molecule has 0 saturated heterocycles. The zero-order valence-corrected chi connectivity index (χ0v) is 56.3. The number of carbonyl (C=O) groups is 2. The number of hydrogen-bond acceptors (Lipinski definition) is 7. The van der Waals surface area contributed by atoms with E-state index in [2.05, 4.69) is 74.6 Å². The number of phosphoric acid groups is 1. The molecule has 0 aromatic carbocycles. The zero-order valence-electron chi connectivity index (χ0n) is 55.4. The first-order valence-electron chi connectivity index (χ1n) is 35.5. The monoisotopic (exact) mass is 1190 g/mol. The Morgan fingerprint density at radius 2 is 0.687 bits per heavy atom. The van der Waals surface area contributed by atoms with Crippen LogP contribution in [0.5, 0.6) is 0 Å². The van der Waals surface area contributed by atoms with Crippen LogP contribution in [0.15, 0.2) is 60.8 Å². The standard InChI is InChI=1S/C73H136NO8P/c1-6-8-10-12-14-16-18-20-22-24-26-28-30-31-32-33-34-35-36-37-38-39-40-41-42-43-44-46-48-50-52-54-56-58-60-62-64-66-73(76)82-71(70-81-83(77,78)80-68-67-74(3,4)5)69-79-72(75)65-63-61-59-57-55-53-51-49-47-45-29-27-25-23-21-19-17-15-13-11-9-7-2/h8,10,14,16,20,22,26,28,31-32,71H,6-7,9,11-13,15,17-19,21,23-25,27,29-30,33-70H2,1-5H3/p+1/b10-8-,16-14-,22-20-,28-26-,32-31-. The van der Waals surface area contributed by atoms with Gasteiger partial charge in [0.05, 0.1) is 27.7 Å². The third-order valence-corrected chi connectivity index (χ3v) is 16.8. The molecule has 0 aliphatic rings. The number of likely N-dealkylation sites (N-methyl/N-ethyl adjacent to an activating group) is 1. The minimum atomic E-state index is -4.39. The number of hydrogen-bond donors (Lipinski definition) is 1. The molecule has 0 aromatic heterocycles. The predicted octanol–water partition coefficient (Wildman–Crippen LogP) is 23.0. The summed E-state index contributed by atoms with van der Waals surface area (Å²) in [6.45, 7) is 4.38. The molecular weight excluding hydrogens is 1050 g/mol. The van der Waals surface area contributed by atoms with Gasteiger partial charge in [0.15, 0.2) is 6.10 Å². The molecule has 10 heteroatoms. The van der Waals surface area contributed by atoms with E-state index in [0.717, 1.165) is 64.2 Å². The Labute approximate surface area is 515 Å². The average Bonchev–Trinajstić information content (AvgIpc) is 3.49. The number of rotatable bonds is 66. The molecule has 0 aromatic rings. The molecule has 0 fully saturated rings. The lowest BCUT2D eigenvalue weighted by atomic mass is 10.0. The number of ether oxygens (including phenoxy) is 2. The van der Waals surface area contributed by atoms with Gasteiger partial charge in [0.1, 0.15) is 19.8 Å². The number of nitrogens with zero attached hydrogens (tertiary/aromatic N) is 1. The molecule has 1 N–H and O–H groups in total. The Morgan fingerprint density at radius 1 is 0.386 bits per heavy atom. The minimum Gasteiger partial charge on any atom is -0.462 e. The Morgan fingerprint density at radius 3 is 1.02 bits per heavy atom. The quantitative estimate of drug-likeness (QED) is 0.0211. The van der Waals surface area contributed by atoms with Gasteiger partial charge in [0, 0.05) is 12.8 Å². The largest absolute Gasteiger partial charge is 0.472 e. The van der Waals surface area contributed by atoms with Gasteiger partial charge < -0.3 is 18.9 Å². The lowest BCUT2D eigenvalue weighted by Gasteiger charge is -2.24. The maximum Gasteiger partial charge on any atom is 0.472 e. The van der Waals surface area contributed by atoms with E-state index in [1.165, 1.54) is 244 Å². The van der Waals surface area contributed by atoms with Crippen molar-refractivity contribution in [2.24, 2.45) is 0 Å². The van der Waals surface area contributed by atoms with Crippen LogP contribution in [0.1, 0.15) is 341 Å². The average molecular weight is 1190 g/mol. The number of phosphoric ester groups is 1. The van der Waals surface area contributed by atoms with Crippen LogP contribution in [0.4, 0.5) is 0 Å². The van der Waals surface area contributed by atoms with Gasteiger partial charge in [0.2, 0.25) is 0 Å². The highest BCUT2D eigenvalue weighted by atomic mass is 31.2. The van der Waals surface area contributed by atoms with Crippen molar-refractivity contribution >= 4 is 19.8 Å². The van der Waals surface area contributed by atoms with E-state index in [9.17, 15) is 19.0 Å². The fourth-order valence-electron chi connectivity index (χ4n) is 10.4. The van der Waals surface area contributed by atoms with E-state index in [0.29, 0.717) is 23.9 Å². The molecule has 0 saturated carbocycles. The van der Waals surface area contributed by atoms with Crippen LogP contribution in [0, 0.1) is 0 Å². The van der Waals surface area contributed by atoms with Crippen molar-refractivity contribution in [3.63, 3.8) is 0 Å². The second-order valence-corrected chi connectivity index (χ2v) is 26.7. The van der Waals surface area contributed by atoms with Gasteiger partial charge in [-0.25, -0.2) is 4.57 Å². The molecule has 0 amide bonds. The molecule has 0 bridgehead atoms. The zero-order chi connectivity index (χ0) is 60.5. The molecule has 0 aliphatic carbocycles. The van der Waals surface area contributed by atoms with Gasteiger partial charge in [-0.3, -0.25) is 18.6 Å². The third-order valence-electron chi connectivity index (χ3n) is 15.8. The number of unbranched alkanes of at least 4 members (excludes halogenated alkanes) is 42. The van der Waals surface area contributed by atoms with Crippen LogP contribution in [0.2, 0.25) is 0 Å². The summed E-state index contributed by atoms with van der Waals surface area (Å²) in [5.74, 6) is -0.776. The second kappa shape index (κ2) is 64.2. The van der Waals surface area contributed by atoms with Gasteiger partial charge in [-0.15, -0.1) is 0 Å². The van der Waals surface area contributed by atoms with Crippen LogP contribution in [-0.2, 0) is 32.7 Å². The number of esters is 2. The molecule has 9 nitrogen and oxygen atoms in total. The van der Waals surface area contributed by atoms with Gasteiger partial charge in [-0.1, -0.05) is 331 Å². The predicted molar refractivity (Wildman–Crippen MR) is 358 cm³/mol. The maximum absolute atomic E-state index is 12.9. The smallest absolute Gasteiger partial charge is 0.462 e. The Balaban J connectivity index is 3.96. The van der Waals surface area contributed by atoms with E-state index < -0.39 is 26.5 Å².